The van der Waals surface area contributed by atoms with E-state index in [0.29, 0.717) is 37.4 Å². The summed E-state index contributed by atoms with van der Waals surface area (Å²) in [6.45, 7) is 2.61. The number of carbonyl (C=O) groups excluding carboxylic acids is 2. The van der Waals surface area contributed by atoms with Gasteiger partial charge < -0.3 is 31.5 Å². The summed E-state index contributed by atoms with van der Waals surface area (Å²) in [4.78, 5) is 27.7. The van der Waals surface area contributed by atoms with Crippen molar-refractivity contribution < 1.29 is 18.4 Å². The van der Waals surface area contributed by atoms with Gasteiger partial charge in [-0.05, 0) is 48.0 Å². The first-order chi connectivity index (χ1) is 17.8. The Kier molecular flexibility index (Phi) is 7.88. The fraction of sp³-hybridized carbons (Fsp3) is 0.269. The number of dihydropyridines is 1. The lowest BCUT2D eigenvalue weighted by molar-refractivity contribution is -0.130. The topological polar surface area (TPSA) is 127 Å². The van der Waals surface area contributed by atoms with Crippen molar-refractivity contribution in [2.24, 2.45) is 5.73 Å². The molecule has 1 saturated heterocycles. The van der Waals surface area contributed by atoms with Crippen LogP contribution in [-0.2, 0) is 16.1 Å². The molecule has 192 valence electrons. The average molecular weight is 508 g/mol. The summed E-state index contributed by atoms with van der Waals surface area (Å²) in [5.41, 5.74) is 8.38. The number of amides is 2. The highest BCUT2D eigenvalue weighted by Crippen LogP contribution is 2.21. The van der Waals surface area contributed by atoms with E-state index in [1.54, 1.807) is 11.0 Å². The summed E-state index contributed by atoms with van der Waals surface area (Å²) in [5.74, 6) is -2.15. The summed E-state index contributed by atoms with van der Waals surface area (Å²) in [6.07, 6.45) is 2.76. The molecule has 5 N–H and O–H groups in total. The molecule has 1 atom stereocenters. The van der Waals surface area contributed by atoms with Crippen LogP contribution in [0.2, 0.25) is 0 Å². The Bertz CT molecular complexity index is 1240. The Morgan fingerprint density at radius 1 is 1.08 bits per heavy atom. The SMILES string of the molecule is N#CCC(=O)N1CCN(c2ccc(NC3C=C(NCc4cc(F)cc(F)c4)C(C(N)=O)=CN3)cc2)CC1. The van der Waals surface area contributed by atoms with Gasteiger partial charge in [-0.15, -0.1) is 0 Å². The third-order valence-electron chi connectivity index (χ3n) is 6.12. The van der Waals surface area contributed by atoms with Gasteiger partial charge in [0.25, 0.3) is 5.91 Å². The number of rotatable bonds is 8. The van der Waals surface area contributed by atoms with Crippen molar-refractivity contribution in [1.29, 1.82) is 5.26 Å². The van der Waals surface area contributed by atoms with Crippen LogP contribution in [0.4, 0.5) is 20.2 Å². The molecule has 2 aliphatic rings. The minimum atomic E-state index is -0.681. The molecule has 0 aliphatic carbocycles. The predicted molar refractivity (Wildman–Crippen MR) is 135 cm³/mol. The Balaban J connectivity index is 1.37. The molecule has 2 heterocycles. The van der Waals surface area contributed by atoms with Crippen LogP contribution in [0, 0.1) is 23.0 Å². The van der Waals surface area contributed by atoms with Crippen LogP contribution in [0.25, 0.3) is 0 Å². The lowest BCUT2D eigenvalue weighted by Crippen LogP contribution is -2.48. The molecule has 1 unspecified atom stereocenters. The zero-order valence-electron chi connectivity index (χ0n) is 20.0. The van der Waals surface area contributed by atoms with Crippen LogP contribution in [0.1, 0.15) is 12.0 Å². The molecule has 0 aromatic heterocycles. The van der Waals surface area contributed by atoms with E-state index in [1.165, 1.54) is 18.3 Å². The highest BCUT2D eigenvalue weighted by molar-refractivity contribution is 5.96. The third kappa shape index (κ3) is 6.55. The summed E-state index contributed by atoms with van der Waals surface area (Å²) >= 11 is 0. The van der Waals surface area contributed by atoms with Gasteiger partial charge in [-0.2, -0.15) is 5.26 Å². The van der Waals surface area contributed by atoms with Gasteiger partial charge in [0, 0.05) is 62.1 Å². The molecule has 0 radical (unpaired) electrons. The average Bonchev–Trinajstić information content (AvgIpc) is 2.87. The van der Waals surface area contributed by atoms with Crippen LogP contribution in [0.5, 0.6) is 0 Å². The number of nitrogens with zero attached hydrogens (tertiary/aromatic N) is 3. The number of primary amides is 1. The van der Waals surface area contributed by atoms with Gasteiger partial charge >= 0.3 is 0 Å². The molecule has 2 amide bonds. The highest BCUT2D eigenvalue weighted by Gasteiger charge is 2.22. The van der Waals surface area contributed by atoms with E-state index in [1.807, 2.05) is 30.3 Å². The summed E-state index contributed by atoms with van der Waals surface area (Å²) in [7, 11) is 0. The Morgan fingerprint density at radius 3 is 2.38 bits per heavy atom. The first-order valence-corrected chi connectivity index (χ1v) is 11.8. The number of anilines is 2. The smallest absolute Gasteiger partial charge is 0.252 e. The second-order valence-electron chi connectivity index (χ2n) is 8.67. The zero-order valence-corrected chi connectivity index (χ0v) is 20.0. The zero-order chi connectivity index (χ0) is 26.4. The number of nitrogens with two attached hydrogens (primary N) is 1. The minimum Gasteiger partial charge on any atom is -0.380 e. The molecule has 11 heteroatoms. The molecule has 0 bridgehead atoms. The number of hydrogen-bond donors (Lipinski definition) is 4. The van der Waals surface area contributed by atoms with Crippen molar-refractivity contribution in [3.8, 4) is 6.07 Å². The van der Waals surface area contributed by atoms with Crippen molar-refractivity contribution in [3.05, 3.63) is 83.2 Å². The molecule has 4 rings (SSSR count). The van der Waals surface area contributed by atoms with Crippen LogP contribution < -0.4 is 26.6 Å². The quantitative estimate of drug-likeness (QED) is 0.430. The van der Waals surface area contributed by atoms with Crippen molar-refractivity contribution in [3.63, 3.8) is 0 Å². The van der Waals surface area contributed by atoms with Crippen LogP contribution in [0.15, 0.2) is 66.0 Å². The van der Waals surface area contributed by atoms with Crippen molar-refractivity contribution in [2.45, 2.75) is 19.1 Å². The summed E-state index contributed by atoms with van der Waals surface area (Å²) in [5, 5.41) is 18.1. The van der Waals surface area contributed by atoms with Gasteiger partial charge in [0.15, 0.2) is 0 Å². The number of carbonyl (C=O) groups is 2. The molecular weight excluding hydrogens is 480 g/mol. The molecule has 9 nitrogen and oxygen atoms in total. The number of piperazine rings is 1. The molecule has 1 fully saturated rings. The largest absolute Gasteiger partial charge is 0.380 e. The summed E-state index contributed by atoms with van der Waals surface area (Å²) in [6, 6.07) is 12.9. The Labute approximate surface area is 213 Å². The highest BCUT2D eigenvalue weighted by atomic mass is 19.1. The number of benzene rings is 2. The van der Waals surface area contributed by atoms with Gasteiger partial charge in [-0.25, -0.2) is 8.78 Å². The minimum absolute atomic E-state index is 0.0965. The molecule has 0 saturated carbocycles. The van der Waals surface area contributed by atoms with Gasteiger partial charge in [0.2, 0.25) is 5.91 Å². The summed E-state index contributed by atoms with van der Waals surface area (Å²) < 4.78 is 27.0. The van der Waals surface area contributed by atoms with E-state index >= 15 is 0 Å². The Hall–Kier alpha value is -4.59. The third-order valence-corrected chi connectivity index (χ3v) is 6.12. The van der Waals surface area contributed by atoms with Crippen LogP contribution in [0.3, 0.4) is 0 Å². The normalized spacial score (nSPS) is 17.2. The standard InChI is InChI=1S/C26H27F2N7O2/c27-18-11-17(12-19(28)13-18)15-31-23-14-24(32-16-22(23)26(30)37)33-20-1-3-21(4-2-20)34-7-9-35(10-8-34)25(36)5-6-29/h1-4,11-14,16,24,31-33H,5,7-10,15H2,(H2,30,37). The van der Waals surface area contributed by atoms with Crippen LogP contribution in [-0.4, -0.2) is 49.1 Å². The number of hydrogen-bond acceptors (Lipinski definition) is 7. The Morgan fingerprint density at radius 2 is 1.76 bits per heavy atom. The molecule has 2 aromatic rings. The van der Waals surface area contributed by atoms with Gasteiger partial charge in [-0.3, -0.25) is 9.59 Å². The first-order valence-electron chi connectivity index (χ1n) is 11.8. The number of nitriles is 1. The molecule has 37 heavy (non-hydrogen) atoms. The van der Waals surface area contributed by atoms with E-state index in [2.05, 4.69) is 20.9 Å². The second kappa shape index (κ2) is 11.4. The van der Waals surface area contributed by atoms with E-state index in [4.69, 9.17) is 11.0 Å². The lowest BCUT2D eigenvalue weighted by Gasteiger charge is -2.36. The monoisotopic (exact) mass is 507 g/mol. The maximum absolute atomic E-state index is 13.5. The molecule has 0 spiro atoms. The second-order valence-corrected chi connectivity index (χ2v) is 8.67. The fourth-order valence-corrected chi connectivity index (χ4v) is 4.25. The predicted octanol–water partition coefficient (Wildman–Crippen LogP) is 1.91. The molecular formula is C26H27F2N7O2. The maximum atomic E-state index is 13.5. The first kappa shape index (κ1) is 25.5. The van der Waals surface area contributed by atoms with E-state index < -0.39 is 17.5 Å². The molecule has 2 aromatic carbocycles. The van der Waals surface area contributed by atoms with Crippen molar-refractivity contribution in [1.82, 2.24) is 15.5 Å². The van der Waals surface area contributed by atoms with E-state index in [-0.39, 0.29) is 30.6 Å². The maximum Gasteiger partial charge on any atom is 0.252 e. The van der Waals surface area contributed by atoms with Crippen molar-refractivity contribution >= 4 is 23.2 Å². The fourth-order valence-electron chi connectivity index (χ4n) is 4.25. The number of halogens is 2. The van der Waals surface area contributed by atoms with E-state index in [9.17, 15) is 18.4 Å². The van der Waals surface area contributed by atoms with Gasteiger partial charge in [-0.1, -0.05) is 0 Å². The van der Waals surface area contributed by atoms with Crippen LogP contribution >= 0.6 is 0 Å². The van der Waals surface area contributed by atoms with Gasteiger partial charge in [0.05, 0.1) is 11.6 Å². The van der Waals surface area contributed by atoms with E-state index in [0.717, 1.165) is 17.4 Å². The van der Waals surface area contributed by atoms with Crippen molar-refractivity contribution in [2.75, 3.05) is 36.4 Å². The van der Waals surface area contributed by atoms with Gasteiger partial charge in [0.1, 0.15) is 24.2 Å². The lowest BCUT2D eigenvalue weighted by atomic mass is 10.1. The number of nitrogens with one attached hydrogen (secondary N) is 3. The molecule has 2 aliphatic heterocycles.